The number of piperazine rings is 1. The lowest BCUT2D eigenvalue weighted by molar-refractivity contribution is -0.138. The van der Waals surface area contributed by atoms with E-state index < -0.39 is 5.97 Å². The molecule has 182 valence electrons. The molecule has 9 heteroatoms. The highest BCUT2D eigenvalue weighted by Gasteiger charge is 2.24. The molecule has 0 bridgehead atoms. The zero-order valence-electron chi connectivity index (χ0n) is 19.2. The molecule has 2 heterocycles. The second kappa shape index (κ2) is 11.9. The maximum Gasteiger partial charge on any atom is 0.303 e. The van der Waals surface area contributed by atoms with E-state index in [0.29, 0.717) is 6.54 Å². The highest BCUT2D eigenvalue weighted by Crippen LogP contribution is 2.48. The van der Waals surface area contributed by atoms with E-state index in [1.54, 1.807) is 11.8 Å². The summed E-state index contributed by atoms with van der Waals surface area (Å²) < 4.78 is 0. The molecule has 0 aliphatic carbocycles. The Bertz CT molecular complexity index is 1010. The van der Waals surface area contributed by atoms with Crippen molar-refractivity contribution in [3.05, 3.63) is 47.5 Å². The van der Waals surface area contributed by atoms with Crippen LogP contribution in [0.3, 0.4) is 0 Å². The van der Waals surface area contributed by atoms with Crippen LogP contribution in [0.25, 0.3) is 0 Å². The number of hydrogen-bond donors (Lipinski definition) is 2. The van der Waals surface area contributed by atoms with Crippen molar-refractivity contribution in [1.82, 2.24) is 15.1 Å². The molecule has 2 aromatic rings. The van der Waals surface area contributed by atoms with Crippen LogP contribution in [0.4, 0.5) is 11.4 Å². The molecular weight excluding hydrogens is 472 g/mol. The summed E-state index contributed by atoms with van der Waals surface area (Å²) in [5.74, 6) is -1.13. The number of fused-ring (bicyclic) bond motifs is 2. The van der Waals surface area contributed by atoms with Gasteiger partial charge in [0.15, 0.2) is 0 Å². The van der Waals surface area contributed by atoms with Crippen LogP contribution in [0, 0.1) is 0 Å². The average molecular weight is 503 g/mol. The lowest BCUT2D eigenvalue weighted by atomic mass is 10.2. The molecule has 2 aliphatic rings. The molecule has 0 unspecified atom stereocenters. The van der Waals surface area contributed by atoms with Gasteiger partial charge in [0.1, 0.15) is 0 Å². The van der Waals surface area contributed by atoms with Crippen LogP contribution in [-0.2, 0) is 9.59 Å². The summed E-state index contributed by atoms with van der Waals surface area (Å²) in [5.41, 5.74) is 2.43. The highest BCUT2D eigenvalue weighted by molar-refractivity contribution is 7.99. The van der Waals surface area contributed by atoms with Crippen LogP contribution < -0.4 is 10.2 Å². The Morgan fingerprint density at radius 1 is 0.912 bits per heavy atom. The van der Waals surface area contributed by atoms with Crippen molar-refractivity contribution in [2.45, 2.75) is 29.1 Å². The van der Waals surface area contributed by atoms with Gasteiger partial charge in [-0.25, -0.2) is 0 Å². The molecule has 0 spiro atoms. The Morgan fingerprint density at radius 3 is 2.38 bits per heavy atom. The Kier molecular flexibility index (Phi) is 8.72. The number of halogens is 1. The van der Waals surface area contributed by atoms with E-state index in [1.165, 1.54) is 21.2 Å². The number of rotatable bonds is 10. The van der Waals surface area contributed by atoms with Gasteiger partial charge >= 0.3 is 5.97 Å². The number of anilines is 2. The van der Waals surface area contributed by atoms with E-state index in [-0.39, 0.29) is 18.7 Å². The number of carboxylic acid groups (broad SMARTS) is 1. The molecule has 0 atom stereocenters. The average Bonchev–Trinajstić information content (AvgIpc) is 2.83. The molecule has 0 radical (unpaired) electrons. The Hall–Kier alpha value is -2.26. The number of amides is 1. The molecule has 7 nitrogen and oxygen atoms in total. The van der Waals surface area contributed by atoms with Crippen molar-refractivity contribution in [2.24, 2.45) is 0 Å². The lowest BCUT2D eigenvalue weighted by Crippen LogP contribution is -2.48. The molecule has 0 aromatic heterocycles. The number of nitrogens with zero attached hydrogens (tertiary/aromatic N) is 3. The molecule has 34 heavy (non-hydrogen) atoms. The second-order valence-electron chi connectivity index (χ2n) is 8.61. The van der Waals surface area contributed by atoms with Gasteiger partial charge in [0.2, 0.25) is 5.91 Å². The molecule has 1 saturated heterocycles. The zero-order valence-corrected chi connectivity index (χ0v) is 20.8. The maximum atomic E-state index is 11.6. The van der Waals surface area contributed by atoms with Crippen molar-refractivity contribution in [3.8, 4) is 0 Å². The lowest BCUT2D eigenvalue weighted by Gasteiger charge is -2.36. The normalized spacial score (nSPS) is 16.1. The van der Waals surface area contributed by atoms with E-state index in [9.17, 15) is 9.59 Å². The van der Waals surface area contributed by atoms with E-state index in [0.717, 1.165) is 57.3 Å². The first-order valence-electron chi connectivity index (χ1n) is 11.8. The first-order valence-corrected chi connectivity index (χ1v) is 13.0. The van der Waals surface area contributed by atoms with Crippen LogP contribution in [0.1, 0.15) is 19.3 Å². The summed E-state index contributed by atoms with van der Waals surface area (Å²) in [7, 11) is 0. The quantitative estimate of drug-likeness (QED) is 0.509. The Balaban J connectivity index is 1.21. The zero-order chi connectivity index (χ0) is 23.9. The van der Waals surface area contributed by atoms with Gasteiger partial charge in [0.25, 0.3) is 0 Å². The first kappa shape index (κ1) is 24.9. The van der Waals surface area contributed by atoms with Crippen LogP contribution in [0.2, 0.25) is 5.02 Å². The van der Waals surface area contributed by atoms with Crippen LogP contribution in [0.15, 0.2) is 52.3 Å². The number of nitrogens with one attached hydrogen (secondary N) is 1. The fraction of sp³-hybridized carbons (Fsp3) is 0.440. The molecule has 4 rings (SSSR count). The van der Waals surface area contributed by atoms with Crippen molar-refractivity contribution in [2.75, 3.05) is 57.3 Å². The summed E-state index contributed by atoms with van der Waals surface area (Å²) in [5, 5.41) is 12.2. The number of carbonyl (C=O) groups is 2. The van der Waals surface area contributed by atoms with Gasteiger partial charge in [-0.1, -0.05) is 35.5 Å². The highest BCUT2D eigenvalue weighted by atomic mass is 35.5. The van der Waals surface area contributed by atoms with Crippen LogP contribution >= 0.6 is 23.4 Å². The fourth-order valence-corrected chi connectivity index (χ4v) is 5.64. The third-order valence-electron chi connectivity index (χ3n) is 6.22. The summed E-state index contributed by atoms with van der Waals surface area (Å²) in [6, 6.07) is 14.7. The fourth-order valence-electron chi connectivity index (χ4n) is 4.39. The van der Waals surface area contributed by atoms with Crippen molar-refractivity contribution >= 4 is 46.6 Å². The van der Waals surface area contributed by atoms with Crippen molar-refractivity contribution < 1.29 is 14.7 Å². The number of carbonyl (C=O) groups excluding carboxylic acids is 1. The SMILES string of the molecule is O=C(O)CCC(=O)NCCN1CCN(CCCN2c3ccccc3Sc3ccc(Cl)cc32)CC1. The summed E-state index contributed by atoms with van der Waals surface area (Å²) in [6.45, 7) is 7.33. The molecular formula is C25H31ClN4O3S. The molecule has 1 fully saturated rings. The molecule has 2 aromatic carbocycles. The van der Waals surface area contributed by atoms with E-state index in [4.69, 9.17) is 16.7 Å². The largest absolute Gasteiger partial charge is 0.481 e. The maximum absolute atomic E-state index is 11.6. The van der Waals surface area contributed by atoms with Gasteiger partial charge in [-0.05, 0) is 43.3 Å². The summed E-state index contributed by atoms with van der Waals surface area (Å²) in [4.78, 5) is 32.0. The molecule has 2 aliphatic heterocycles. The minimum absolute atomic E-state index is 0.0416. The second-order valence-corrected chi connectivity index (χ2v) is 10.1. The van der Waals surface area contributed by atoms with Crippen molar-refractivity contribution in [1.29, 1.82) is 0 Å². The smallest absolute Gasteiger partial charge is 0.303 e. The predicted octanol–water partition coefficient (Wildman–Crippen LogP) is 3.93. The topological polar surface area (TPSA) is 76.1 Å². The number of para-hydroxylation sites is 1. The van der Waals surface area contributed by atoms with Gasteiger partial charge in [0, 0.05) is 67.0 Å². The third-order valence-corrected chi connectivity index (χ3v) is 7.59. The number of hydrogen-bond acceptors (Lipinski definition) is 6. The third kappa shape index (κ3) is 6.66. The first-order chi connectivity index (χ1) is 16.5. The van der Waals surface area contributed by atoms with Crippen molar-refractivity contribution in [3.63, 3.8) is 0 Å². The van der Waals surface area contributed by atoms with Gasteiger partial charge < -0.3 is 20.2 Å². The van der Waals surface area contributed by atoms with E-state index in [2.05, 4.69) is 56.4 Å². The summed E-state index contributed by atoms with van der Waals surface area (Å²) in [6.07, 6.45) is 0.982. The Morgan fingerprint density at radius 2 is 1.62 bits per heavy atom. The van der Waals surface area contributed by atoms with Crippen LogP contribution in [-0.4, -0.2) is 79.1 Å². The molecule has 0 saturated carbocycles. The molecule has 2 N–H and O–H groups in total. The molecule has 1 amide bonds. The number of benzene rings is 2. The Labute approximate surface area is 210 Å². The number of aliphatic carboxylic acids is 1. The van der Waals surface area contributed by atoms with Gasteiger partial charge in [0.05, 0.1) is 17.8 Å². The van der Waals surface area contributed by atoms with Crippen LogP contribution in [0.5, 0.6) is 0 Å². The minimum Gasteiger partial charge on any atom is -0.481 e. The van der Waals surface area contributed by atoms with Gasteiger partial charge in [-0.15, -0.1) is 0 Å². The van der Waals surface area contributed by atoms with Gasteiger partial charge in [-0.2, -0.15) is 0 Å². The monoisotopic (exact) mass is 502 g/mol. The van der Waals surface area contributed by atoms with Gasteiger partial charge in [-0.3, -0.25) is 14.5 Å². The standard InChI is InChI=1S/C25H31ClN4O3S/c26-19-6-7-23-21(18-19)30(20-4-1-2-5-22(20)34-23)12-3-11-28-14-16-29(17-15-28)13-10-27-24(31)8-9-25(32)33/h1-2,4-7,18H,3,8-17H2,(H,27,31)(H,32,33). The summed E-state index contributed by atoms with van der Waals surface area (Å²) >= 11 is 8.12. The van der Waals surface area contributed by atoms with E-state index >= 15 is 0 Å². The predicted molar refractivity (Wildman–Crippen MR) is 136 cm³/mol. The van der Waals surface area contributed by atoms with E-state index in [1.807, 2.05) is 6.07 Å². The number of carboxylic acids is 1. The minimum atomic E-state index is -0.942.